The number of amides is 1. The van der Waals surface area contributed by atoms with E-state index in [1.165, 1.54) is 14.0 Å². The highest BCUT2D eigenvalue weighted by molar-refractivity contribution is 8.00. The predicted octanol–water partition coefficient (Wildman–Crippen LogP) is 2.11. The van der Waals surface area contributed by atoms with Gasteiger partial charge in [0.2, 0.25) is 5.91 Å². The number of aliphatic hydroxyl groups is 5. The van der Waals surface area contributed by atoms with Crippen molar-refractivity contribution in [3.05, 3.63) is 0 Å². The number of ether oxygens (including phenoxy) is 6. The Balaban J connectivity index is 1.39. The fourth-order valence-corrected chi connectivity index (χ4v) is 13.3. The maximum Gasteiger partial charge on any atom is 0.311 e. The summed E-state index contributed by atoms with van der Waals surface area (Å²) in [7, 11) is 5.27. The summed E-state index contributed by atoms with van der Waals surface area (Å²) >= 11 is 1.91. The summed E-state index contributed by atoms with van der Waals surface area (Å²) in [6.07, 6.45) is -5.34. The van der Waals surface area contributed by atoms with Gasteiger partial charge in [0.1, 0.15) is 30.0 Å². The Labute approximate surface area is 422 Å². The topological polar surface area (TPSA) is 260 Å². The van der Waals surface area contributed by atoms with Gasteiger partial charge in [-0.25, -0.2) is 4.99 Å². The van der Waals surface area contributed by atoms with E-state index in [0.717, 1.165) is 25.0 Å². The third-order valence-corrected chi connectivity index (χ3v) is 17.5. The number of carbonyl (C=O) groups is 2. The summed E-state index contributed by atoms with van der Waals surface area (Å²) < 4.78 is 38.1. The number of thioether (sulfide) groups is 1. The van der Waals surface area contributed by atoms with E-state index in [0.29, 0.717) is 56.1 Å². The molecule has 70 heavy (non-hydrogen) atoms. The number of aliphatic imine (C=N–C) groups is 1. The molecule has 0 aromatic carbocycles. The van der Waals surface area contributed by atoms with Crippen molar-refractivity contribution in [3.63, 3.8) is 0 Å². The number of methoxy groups -OCH3 is 1. The third kappa shape index (κ3) is 14.3. The number of esters is 1. The number of carbonyl (C=O) groups excluding carboxylic acids is 2. The maximum absolute atomic E-state index is 14.6. The van der Waals surface area contributed by atoms with Crippen molar-refractivity contribution >= 4 is 29.6 Å². The van der Waals surface area contributed by atoms with Gasteiger partial charge >= 0.3 is 5.97 Å². The van der Waals surface area contributed by atoms with Crippen LogP contribution in [0.5, 0.6) is 0 Å². The van der Waals surface area contributed by atoms with Crippen molar-refractivity contribution in [2.75, 3.05) is 46.6 Å². The molecule has 0 aromatic heterocycles. The molecular formula is C50H92N6O13S. The van der Waals surface area contributed by atoms with E-state index in [1.807, 2.05) is 63.4 Å². The van der Waals surface area contributed by atoms with Crippen molar-refractivity contribution < 1.29 is 63.5 Å². The van der Waals surface area contributed by atoms with E-state index in [1.54, 1.807) is 34.6 Å². The lowest BCUT2D eigenvalue weighted by molar-refractivity contribution is -0.318. The van der Waals surface area contributed by atoms with Crippen LogP contribution in [0.1, 0.15) is 127 Å². The molecule has 19 nitrogen and oxygen atoms in total. The number of cyclic esters (lactones) is 1. The number of unbranched alkanes of at least 4 members (excludes halogenated alkanes) is 1. The lowest BCUT2D eigenvalue weighted by Crippen LogP contribution is -2.60. The fraction of sp³-hybridized carbons (Fsp3) is 0.940. The summed E-state index contributed by atoms with van der Waals surface area (Å²) in [5.74, 6) is -1.37. The highest BCUT2D eigenvalue weighted by atomic mass is 32.2. The quantitative estimate of drug-likeness (QED) is 0.0814. The molecule has 0 spiro atoms. The van der Waals surface area contributed by atoms with Gasteiger partial charge in [-0.15, -0.1) is 0 Å². The Hall–Kier alpha value is -1.92. The van der Waals surface area contributed by atoms with Gasteiger partial charge < -0.3 is 75.2 Å². The number of likely N-dealkylation sites (N-methyl/N-ethyl adjacent to an activating group) is 1. The van der Waals surface area contributed by atoms with E-state index >= 15 is 0 Å². The summed E-state index contributed by atoms with van der Waals surface area (Å²) in [5.41, 5.74) is 1.29. The third-order valence-electron chi connectivity index (χ3n) is 16.0. The summed E-state index contributed by atoms with van der Waals surface area (Å²) in [6, 6.07) is -0.484. The Morgan fingerprint density at radius 2 is 1.71 bits per heavy atom. The number of hydrogen-bond acceptors (Lipinski definition) is 19. The molecule has 0 aromatic rings. The number of hydrogen-bond donors (Lipinski definition) is 8. The van der Waals surface area contributed by atoms with E-state index in [9.17, 15) is 35.1 Å². The van der Waals surface area contributed by atoms with Crippen LogP contribution < -0.4 is 16.4 Å². The average molecular weight is 1020 g/mol. The molecule has 0 bridgehead atoms. The van der Waals surface area contributed by atoms with Gasteiger partial charge in [-0.3, -0.25) is 14.5 Å². The van der Waals surface area contributed by atoms with Crippen LogP contribution in [0.2, 0.25) is 0 Å². The van der Waals surface area contributed by atoms with Gasteiger partial charge in [0, 0.05) is 68.6 Å². The fourth-order valence-electron chi connectivity index (χ4n) is 11.8. The van der Waals surface area contributed by atoms with Gasteiger partial charge in [-0.2, -0.15) is 11.8 Å². The van der Waals surface area contributed by atoms with E-state index in [2.05, 4.69) is 15.6 Å². The zero-order valence-electron chi connectivity index (χ0n) is 44.4. The Kier molecular flexibility index (Phi) is 21.1. The van der Waals surface area contributed by atoms with Gasteiger partial charge in [-0.1, -0.05) is 27.2 Å². The SMILES string of the molecule is CC[C@H]1OC(=O)[C@H](C)[C@@H](O[C@H]2C[C@@](C)(OC)[C@@H](O)[C@H](C)O2)[C@H](C)[C@@H](O[C@@H]2O[C@H](C)C[C@H](N(C)C)[C@H]2O)[C@](C)(O)C[C@@H](C)CN(CCCNC(=O)CCCC[C@@H]2SC[C@@H]3NC(N)=N[C@@H]32)[C@H](C)[C@@H](O)[C@]1(C)O. The zero-order chi connectivity index (χ0) is 52.0. The van der Waals surface area contributed by atoms with Crippen LogP contribution in [0, 0.1) is 17.8 Å². The second-order valence-corrected chi connectivity index (χ2v) is 23.6. The zero-order valence-corrected chi connectivity index (χ0v) is 45.2. The standard InChI is InChI=1S/C50H92N6O13S/c1-14-36-50(10,63)42(59)31(6)56(21-17-20-52-37(57)19-16-15-18-35-39-33(26-70-35)53-47(51)54-39)25-27(2)23-48(8,62)44(69-46-40(58)34(55(11)12)22-28(3)65-46)29(4)41(30(5)45(61)67-36)68-38-24-49(9,64-13)43(60)32(7)66-38/h27-36,38-44,46,58-60,62-63H,14-26H2,1-13H3,(H,52,57)(H3,51,53,54)/t27-,28-,29+,30-,31-,32+,33+,34+,35+,36-,38+,39+,40-,41+,42-,43+,44-,46+,48-,49-,50-/m1/s1. The molecule has 9 N–H and O–H groups in total. The predicted molar refractivity (Wildman–Crippen MR) is 268 cm³/mol. The molecule has 4 fully saturated rings. The Morgan fingerprint density at radius 3 is 2.37 bits per heavy atom. The first kappa shape index (κ1) is 59.0. The normalized spacial score (nSPS) is 44.7. The molecule has 0 aliphatic carbocycles. The lowest BCUT2D eigenvalue weighted by atomic mass is 9.77. The molecule has 20 heteroatoms. The lowest BCUT2D eigenvalue weighted by Gasteiger charge is -2.48. The molecule has 4 saturated heterocycles. The second-order valence-electron chi connectivity index (χ2n) is 22.3. The first-order valence-electron chi connectivity index (χ1n) is 26.0. The molecule has 0 radical (unpaired) electrons. The maximum atomic E-state index is 14.6. The molecule has 5 aliphatic heterocycles. The minimum atomic E-state index is -1.91. The molecule has 1 amide bonds. The van der Waals surface area contributed by atoms with Crippen LogP contribution in [0.3, 0.4) is 0 Å². The number of nitrogens with one attached hydrogen (secondary N) is 2. The van der Waals surface area contributed by atoms with E-state index in [-0.39, 0.29) is 49.3 Å². The van der Waals surface area contributed by atoms with E-state index in [4.69, 9.17) is 34.2 Å². The minimum Gasteiger partial charge on any atom is -0.459 e. The highest BCUT2D eigenvalue weighted by Gasteiger charge is 2.53. The van der Waals surface area contributed by atoms with E-state index < -0.39 is 96.0 Å². The van der Waals surface area contributed by atoms with Gasteiger partial charge in [0.25, 0.3) is 0 Å². The van der Waals surface area contributed by atoms with Crippen LogP contribution in [0.25, 0.3) is 0 Å². The van der Waals surface area contributed by atoms with Crippen LogP contribution >= 0.6 is 11.8 Å². The van der Waals surface area contributed by atoms with Gasteiger partial charge in [-0.05, 0) is 107 Å². The Morgan fingerprint density at radius 1 is 1.01 bits per heavy atom. The van der Waals surface area contributed by atoms with Gasteiger partial charge in [0.15, 0.2) is 18.5 Å². The molecule has 21 atom stereocenters. The van der Waals surface area contributed by atoms with Crippen molar-refractivity contribution in [2.45, 2.75) is 235 Å². The molecule has 0 saturated carbocycles. The van der Waals surface area contributed by atoms with Gasteiger partial charge in [0.05, 0.1) is 53.6 Å². The number of rotatable bonds is 16. The molecule has 406 valence electrons. The monoisotopic (exact) mass is 1020 g/mol. The number of aliphatic hydroxyl groups excluding tert-OH is 3. The van der Waals surface area contributed by atoms with Crippen LogP contribution in [0.15, 0.2) is 4.99 Å². The van der Waals surface area contributed by atoms with Crippen molar-refractivity contribution in [1.29, 1.82) is 0 Å². The van der Waals surface area contributed by atoms with Crippen molar-refractivity contribution in [3.8, 4) is 0 Å². The number of fused-ring (bicyclic) bond motifs is 1. The second kappa shape index (κ2) is 25.1. The first-order chi connectivity index (χ1) is 32.7. The smallest absolute Gasteiger partial charge is 0.311 e. The number of nitrogens with two attached hydrogens (primary N) is 1. The van der Waals surface area contributed by atoms with Crippen LogP contribution in [-0.4, -0.2) is 207 Å². The van der Waals surface area contributed by atoms with Crippen LogP contribution in [-0.2, 0) is 38.0 Å². The molecular weight excluding hydrogens is 925 g/mol. The average Bonchev–Trinajstić information content (AvgIpc) is 3.85. The minimum absolute atomic E-state index is 0.0308. The summed E-state index contributed by atoms with van der Waals surface area (Å²) in [6.45, 7) is 18.8. The van der Waals surface area contributed by atoms with Crippen LogP contribution in [0.4, 0.5) is 0 Å². The first-order valence-corrected chi connectivity index (χ1v) is 27.0. The molecule has 5 rings (SSSR count). The van der Waals surface area contributed by atoms with Crippen molar-refractivity contribution in [2.24, 2.45) is 28.5 Å². The molecule has 5 heterocycles. The Bertz CT molecular complexity index is 1720. The number of nitrogens with zero attached hydrogens (tertiary/aromatic N) is 3. The van der Waals surface area contributed by atoms with Crippen molar-refractivity contribution in [1.82, 2.24) is 20.4 Å². The number of guanidine groups is 1. The molecule has 0 unspecified atom stereocenters. The summed E-state index contributed by atoms with van der Waals surface area (Å²) in [4.78, 5) is 36.1. The highest BCUT2D eigenvalue weighted by Crippen LogP contribution is 2.41. The molecule has 5 aliphatic rings. The largest absolute Gasteiger partial charge is 0.459 e. The summed E-state index contributed by atoms with van der Waals surface area (Å²) in [5, 5.41) is 66.8.